The summed E-state index contributed by atoms with van der Waals surface area (Å²) in [7, 11) is 0. The Labute approximate surface area is 69.0 Å². The van der Waals surface area contributed by atoms with Crippen molar-refractivity contribution in [3.8, 4) is 0 Å². The van der Waals surface area contributed by atoms with E-state index in [1.54, 1.807) is 0 Å². The van der Waals surface area contributed by atoms with Gasteiger partial charge in [0, 0.05) is 31.2 Å². The van der Waals surface area contributed by atoms with Gasteiger partial charge >= 0.3 is 0 Å². The summed E-state index contributed by atoms with van der Waals surface area (Å²) in [4.78, 5) is 2.63. The first-order valence-electron chi connectivity index (χ1n) is 4.69. The van der Waals surface area contributed by atoms with Crippen molar-refractivity contribution in [3.63, 3.8) is 0 Å². The average Bonchev–Trinajstić information content (AvgIpc) is 2.46. The van der Waals surface area contributed by atoms with Crippen LogP contribution < -0.4 is 5.32 Å². The quantitative estimate of drug-likeness (QED) is 0.597. The maximum Gasteiger partial charge on any atom is 0.0265 e. The summed E-state index contributed by atoms with van der Waals surface area (Å²) in [6.07, 6.45) is 0. The molecule has 0 amide bonds. The molecule has 2 aliphatic rings. The molecule has 2 fully saturated rings. The lowest BCUT2D eigenvalue weighted by Crippen LogP contribution is -2.46. The van der Waals surface area contributed by atoms with Gasteiger partial charge in [0.15, 0.2) is 0 Å². The summed E-state index contributed by atoms with van der Waals surface area (Å²) in [5.74, 6) is 0.873. The third kappa shape index (κ3) is 1.00. The number of piperazine rings is 1. The van der Waals surface area contributed by atoms with Crippen LogP contribution in [0.4, 0.5) is 0 Å². The van der Waals surface area contributed by atoms with E-state index in [2.05, 4.69) is 31.0 Å². The van der Waals surface area contributed by atoms with E-state index in [0.29, 0.717) is 0 Å². The molecular weight excluding hydrogens is 136 g/mol. The van der Waals surface area contributed by atoms with Crippen LogP contribution >= 0.6 is 0 Å². The molecule has 1 N–H and O–H groups in total. The smallest absolute Gasteiger partial charge is 0.0265 e. The summed E-state index contributed by atoms with van der Waals surface area (Å²) in [6.45, 7) is 9.45. The fraction of sp³-hybridized carbons (Fsp3) is 1.00. The van der Waals surface area contributed by atoms with Crippen LogP contribution in [-0.2, 0) is 0 Å². The monoisotopic (exact) mass is 154 g/mol. The van der Waals surface area contributed by atoms with Gasteiger partial charge in [-0.3, -0.25) is 4.90 Å². The molecular formula is C9H18N2. The summed E-state index contributed by atoms with van der Waals surface area (Å²) >= 11 is 0. The topological polar surface area (TPSA) is 15.3 Å². The largest absolute Gasteiger partial charge is 0.311 e. The lowest BCUT2D eigenvalue weighted by atomic mass is 10.0. The first kappa shape index (κ1) is 7.56. The van der Waals surface area contributed by atoms with Crippen molar-refractivity contribution in [1.29, 1.82) is 0 Å². The average molecular weight is 154 g/mol. The van der Waals surface area contributed by atoms with E-state index >= 15 is 0 Å². The molecule has 2 rings (SSSR count). The normalized spacial score (nSPS) is 44.2. The Balaban J connectivity index is 2.09. The highest BCUT2D eigenvalue weighted by Gasteiger charge is 2.44. The van der Waals surface area contributed by atoms with Crippen molar-refractivity contribution in [2.45, 2.75) is 38.9 Å². The molecule has 2 heteroatoms. The second kappa shape index (κ2) is 2.46. The Hall–Kier alpha value is -0.0800. The van der Waals surface area contributed by atoms with Crippen molar-refractivity contribution >= 4 is 0 Å². The van der Waals surface area contributed by atoms with E-state index in [-0.39, 0.29) is 0 Å². The Kier molecular flexibility index (Phi) is 1.69. The van der Waals surface area contributed by atoms with Gasteiger partial charge in [-0.1, -0.05) is 6.92 Å². The van der Waals surface area contributed by atoms with Gasteiger partial charge in [0.1, 0.15) is 0 Å². The molecule has 2 nitrogen and oxygen atoms in total. The molecule has 0 spiro atoms. The Bertz CT molecular complexity index is 156. The Morgan fingerprint density at radius 3 is 2.45 bits per heavy atom. The molecule has 64 valence electrons. The zero-order valence-electron chi connectivity index (χ0n) is 7.67. The molecule has 2 saturated heterocycles. The standard InChI is InChI=1S/C9H18N2/c1-6(2)11-5-8-7(3)9(11)4-10-8/h6-10H,4-5H2,1-3H3/t7-,8?,9+/m0/s1. The fourth-order valence-corrected chi connectivity index (χ4v) is 2.52. The Morgan fingerprint density at radius 2 is 2.18 bits per heavy atom. The molecule has 2 bridgehead atoms. The second-order valence-electron chi connectivity index (χ2n) is 4.23. The number of fused-ring (bicyclic) bond motifs is 2. The van der Waals surface area contributed by atoms with Gasteiger partial charge in [-0.15, -0.1) is 0 Å². The van der Waals surface area contributed by atoms with E-state index in [1.807, 2.05) is 0 Å². The van der Waals surface area contributed by atoms with Crippen LogP contribution in [0.1, 0.15) is 20.8 Å². The predicted molar refractivity (Wildman–Crippen MR) is 46.6 cm³/mol. The summed E-state index contributed by atoms with van der Waals surface area (Å²) in [6, 6.07) is 2.33. The van der Waals surface area contributed by atoms with E-state index in [0.717, 1.165) is 24.0 Å². The molecule has 0 saturated carbocycles. The molecule has 11 heavy (non-hydrogen) atoms. The van der Waals surface area contributed by atoms with Crippen molar-refractivity contribution in [2.24, 2.45) is 5.92 Å². The molecule has 0 aromatic heterocycles. The van der Waals surface area contributed by atoms with Crippen LogP contribution in [0.5, 0.6) is 0 Å². The van der Waals surface area contributed by atoms with E-state index in [9.17, 15) is 0 Å². The van der Waals surface area contributed by atoms with Crippen LogP contribution in [0, 0.1) is 5.92 Å². The summed E-state index contributed by atoms with van der Waals surface area (Å²) in [5, 5.41) is 3.55. The first-order chi connectivity index (χ1) is 5.20. The van der Waals surface area contributed by atoms with Gasteiger partial charge < -0.3 is 5.32 Å². The number of nitrogens with zero attached hydrogens (tertiary/aromatic N) is 1. The lowest BCUT2D eigenvalue weighted by molar-refractivity contribution is 0.174. The third-order valence-electron chi connectivity index (χ3n) is 3.33. The van der Waals surface area contributed by atoms with Crippen LogP contribution in [0.3, 0.4) is 0 Å². The molecule has 0 aromatic carbocycles. The van der Waals surface area contributed by atoms with Crippen molar-refractivity contribution < 1.29 is 0 Å². The van der Waals surface area contributed by atoms with Crippen molar-refractivity contribution in [3.05, 3.63) is 0 Å². The van der Waals surface area contributed by atoms with Crippen molar-refractivity contribution in [1.82, 2.24) is 10.2 Å². The summed E-state index contributed by atoms with van der Waals surface area (Å²) in [5.41, 5.74) is 0. The van der Waals surface area contributed by atoms with Gasteiger partial charge in [-0.25, -0.2) is 0 Å². The predicted octanol–water partition coefficient (Wildman–Crippen LogP) is 0.687. The van der Waals surface area contributed by atoms with Gasteiger partial charge in [-0.2, -0.15) is 0 Å². The second-order valence-corrected chi connectivity index (χ2v) is 4.23. The minimum atomic E-state index is 0.731. The van der Waals surface area contributed by atoms with E-state index in [1.165, 1.54) is 13.1 Å². The maximum atomic E-state index is 3.55. The van der Waals surface area contributed by atoms with Crippen LogP contribution in [0.2, 0.25) is 0 Å². The Morgan fingerprint density at radius 1 is 1.45 bits per heavy atom. The minimum Gasteiger partial charge on any atom is -0.311 e. The first-order valence-corrected chi connectivity index (χ1v) is 4.69. The molecule has 0 radical (unpaired) electrons. The molecule has 0 aliphatic carbocycles. The number of rotatable bonds is 1. The zero-order valence-corrected chi connectivity index (χ0v) is 7.67. The fourth-order valence-electron chi connectivity index (χ4n) is 2.52. The van der Waals surface area contributed by atoms with Crippen LogP contribution in [0.15, 0.2) is 0 Å². The van der Waals surface area contributed by atoms with E-state index in [4.69, 9.17) is 0 Å². The molecule has 2 heterocycles. The zero-order chi connectivity index (χ0) is 8.01. The van der Waals surface area contributed by atoms with Crippen LogP contribution in [0.25, 0.3) is 0 Å². The number of hydrogen-bond donors (Lipinski definition) is 1. The minimum absolute atomic E-state index is 0.731. The van der Waals surface area contributed by atoms with Gasteiger partial charge in [0.2, 0.25) is 0 Å². The molecule has 1 unspecified atom stereocenters. The molecule has 3 atom stereocenters. The lowest BCUT2D eigenvalue weighted by Gasteiger charge is -2.30. The van der Waals surface area contributed by atoms with Crippen molar-refractivity contribution in [2.75, 3.05) is 13.1 Å². The molecule has 0 aromatic rings. The van der Waals surface area contributed by atoms with Crippen LogP contribution in [-0.4, -0.2) is 36.1 Å². The van der Waals surface area contributed by atoms with Gasteiger partial charge in [0.25, 0.3) is 0 Å². The number of hydrogen-bond acceptors (Lipinski definition) is 2. The SMILES string of the molecule is CC(C)N1CC2NC[C@@H]1[C@H]2C. The van der Waals surface area contributed by atoms with Gasteiger partial charge in [-0.05, 0) is 19.8 Å². The van der Waals surface area contributed by atoms with E-state index < -0.39 is 0 Å². The third-order valence-corrected chi connectivity index (χ3v) is 3.33. The number of likely N-dealkylation sites (tertiary alicyclic amines) is 1. The number of nitrogens with one attached hydrogen (secondary N) is 1. The summed E-state index contributed by atoms with van der Waals surface area (Å²) < 4.78 is 0. The van der Waals surface area contributed by atoms with Gasteiger partial charge in [0.05, 0.1) is 0 Å². The highest BCUT2D eigenvalue weighted by molar-refractivity contribution is 5.03. The molecule has 2 aliphatic heterocycles. The highest BCUT2D eigenvalue weighted by Crippen LogP contribution is 2.30. The highest BCUT2D eigenvalue weighted by atomic mass is 15.3. The maximum absolute atomic E-state index is 3.55.